The number of amidine groups is 1. The van der Waals surface area contributed by atoms with E-state index >= 15 is 0 Å². The standard InChI is InChI=1S/C26H24FN3O5S/c1-17(30-36(31,32)16-18-7-5-4-6-8-18)29-19-9-10-24(21(27)13-19)35-23-11-12-28-22-15-26(34-3)25(33-2)14-20(22)23/h4-15H,16H2,1-3H3,(H,29,30). The fraction of sp³-hybridized carbons (Fsp3) is 0.154. The molecular weight excluding hydrogens is 485 g/mol. The Balaban J connectivity index is 1.52. The molecule has 0 aliphatic carbocycles. The number of aromatic nitrogens is 1. The molecule has 10 heteroatoms. The maximum absolute atomic E-state index is 14.9. The highest BCUT2D eigenvalue weighted by atomic mass is 32.2. The normalized spacial score (nSPS) is 11.8. The lowest BCUT2D eigenvalue weighted by Crippen LogP contribution is -2.12. The molecule has 0 spiro atoms. The van der Waals surface area contributed by atoms with Crippen molar-refractivity contribution in [3.05, 3.63) is 84.3 Å². The van der Waals surface area contributed by atoms with Gasteiger partial charge in [-0.2, -0.15) is 4.40 Å². The Labute approximate surface area is 208 Å². The number of methoxy groups -OCH3 is 2. The van der Waals surface area contributed by atoms with Crippen LogP contribution in [0.15, 0.2) is 77.3 Å². The number of nitrogens with one attached hydrogen (secondary N) is 1. The molecule has 0 amide bonds. The Morgan fingerprint density at radius 3 is 2.36 bits per heavy atom. The van der Waals surface area contributed by atoms with E-state index in [1.54, 1.807) is 60.8 Å². The van der Waals surface area contributed by atoms with Gasteiger partial charge < -0.3 is 19.5 Å². The maximum atomic E-state index is 14.9. The molecule has 0 saturated heterocycles. The minimum Gasteiger partial charge on any atom is -0.493 e. The second-order valence-electron chi connectivity index (χ2n) is 7.79. The summed E-state index contributed by atoms with van der Waals surface area (Å²) in [4.78, 5) is 4.31. The minimum atomic E-state index is -3.76. The predicted octanol–water partition coefficient (Wildman–Crippen LogP) is 5.54. The molecule has 0 aliphatic rings. The van der Waals surface area contributed by atoms with Crippen LogP contribution >= 0.6 is 0 Å². The Morgan fingerprint density at radius 1 is 0.944 bits per heavy atom. The summed E-state index contributed by atoms with van der Waals surface area (Å²) in [6.45, 7) is 1.50. The Bertz CT molecular complexity index is 1530. The van der Waals surface area contributed by atoms with E-state index in [-0.39, 0.29) is 17.3 Å². The molecule has 0 saturated carbocycles. The molecule has 36 heavy (non-hydrogen) atoms. The molecule has 0 fully saturated rings. The molecule has 186 valence electrons. The highest BCUT2D eigenvalue weighted by molar-refractivity contribution is 7.89. The van der Waals surface area contributed by atoms with Crippen LogP contribution in [0.1, 0.15) is 12.5 Å². The van der Waals surface area contributed by atoms with Crippen molar-refractivity contribution >= 4 is 32.4 Å². The van der Waals surface area contributed by atoms with Gasteiger partial charge in [0.15, 0.2) is 23.1 Å². The summed E-state index contributed by atoms with van der Waals surface area (Å²) in [5.41, 5.74) is 1.54. The summed E-state index contributed by atoms with van der Waals surface area (Å²) in [6, 6.07) is 18.0. The van der Waals surface area contributed by atoms with Crippen molar-refractivity contribution in [3.63, 3.8) is 0 Å². The smallest absolute Gasteiger partial charge is 0.258 e. The predicted molar refractivity (Wildman–Crippen MR) is 137 cm³/mol. The molecule has 0 aliphatic heterocycles. The number of ether oxygens (including phenoxy) is 3. The van der Waals surface area contributed by atoms with E-state index in [9.17, 15) is 12.8 Å². The van der Waals surface area contributed by atoms with Crippen molar-refractivity contribution in [2.75, 3.05) is 19.5 Å². The van der Waals surface area contributed by atoms with Crippen molar-refractivity contribution in [3.8, 4) is 23.0 Å². The Kier molecular flexibility index (Phi) is 7.35. The van der Waals surface area contributed by atoms with Gasteiger partial charge in [-0.15, -0.1) is 0 Å². The zero-order valence-electron chi connectivity index (χ0n) is 19.9. The largest absolute Gasteiger partial charge is 0.493 e. The van der Waals surface area contributed by atoms with Gasteiger partial charge in [-0.25, -0.2) is 12.8 Å². The topological polar surface area (TPSA) is 99.1 Å². The number of nitrogens with zero attached hydrogens (tertiary/aromatic N) is 2. The van der Waals surface area contributed by atoms with Crippen LogP contribution in [-0.4, -0.2) is 33.5 Å². The van der Waals surface area contributed by atoms with Gasteiger partial charge in [0.25, 0.3) is 10.0 Å². The molecular formula is C26H24FN3O5S. The van der Waals surface area contributed by atoms with Crippen LogP contribution in [0.25, 0.3) is 10.9 Å². The van der Waals surface area contributed by atoms with Crippen LogP contribution in [0, 0.1) is 5.82 Å². The molecule has 0 unspecified atom stereocenters. The van der Waals surface area contributed by atoms with Gasteiger partial charge in [0.2, 0.25) is 0 Å². The molecule has 8 nitrogen and oxygen atoms in total. The number of halogens is 1. The van der Waals surface area contributed by atoms with Crippen LogP contribution in [0.4, 0.5) is 10.1 Å². The van der Waals surface area contributed by atoms with Crippen LogP contribution in [0.2, 0.25) is 0 Å². The Morgan fingerprint density at radius 2 is 1.67 bits per heavy atom. The number of rotatable bonds is 8. The number of hydrogen-bond donors (Lipinski definition) is 1. The van der Waals surface area contributed by atoms with Gasteiger partial charge in [-0.3, -0.25) is 4.98 Å². The third kappa shape index (κ3) is 5.89. The van der Waals surface area contributed by atoms with Crippen molar-refractivity contribution in [1.82, 2.24) is 4.98 Å². The van der Waals surface area contributed by atoms with E-state index in [0.717, 1.165) is 0 Å². The summed E-state index contributed by atoms with van der Waals surface area (Å²) in [6.07, 6.45) is 1.55. The molecule has 0 atom stereocenters. The minimum absolute atomic E-state index is 0.0193. The second kappa shape index (κ2) is 10.6. The molecule has 4 aromatic rings. The van der Waals surface area contributed by atoms with Crippen molar-refractivity contribution < 1.29 is 27.0 Å². The third-order valence-electron chi connectivity index (χ3n) is 5.15. The van der Waals surface area contributed by atoms with Crippen LogP contribution in [0.3, 0.4) is 0 Å². The van der Waals surface area contributed by atoms with Gasteiger partial charge in [0, 0.05) is 29.4 Å². The average Bonchev–Trinajstić information content (AvgIpc) is 2.84. The monoisotopic (exact) mass is 509 g/mol. The first-order valence-electron chi connectivity index (χ1n) is 10.9. The number of pyridine rings is 1. The van der Waals surface area contributed by atoms with E-state index in [1.807, 2.05) is 0 Å². The zero-order chi connectivity index (χ0) is 25.7. The van der Waals surface area contributed by atoms with Gasteiger partial charge in [0.05, 0.1) is 25.5 Å². The number of sulfonamides is 1. The zero-order valence-corrected chi connectivity index (χ0v) is 20.7. The number of fused-ring (bicyclic) bond motifs is 1. The molecule has 0 bridgehead atoms. The van der Waals surface area contributed by atoms with Crippen molar-refractivity contribution in [2.24, 2.45) is 4.40 Å². The lowest BCUT2D eigenvalue weighted by Gasteiger charge is -2.13. The van der Waals surface area contributed by atoms with Gasteiger partial charge in [-0.05, 0) is 36.8 Å². The van der Waals surface area contributed by atoms with Crippen LogP contribution in [0.5, 0.6) is 23.0 Å². The average molecular weight is 510 g/mol. The first-order valence-corrected chi connectivity index (χ1v) is 12.5. The third-order valence-corrected chi connectivity index (χ3v) is 6.40. The number of hydrogen-bond acceptors (Lipinski definition) is 6. The lowest BCUT2D eigenvalue weighted by atomic mass is 10.2. The number of anilines is 1. The molecule has 0 radical (unpaired) electrons. The second-order valence-corrected chi connectivity index (χ2v) is 9.43. The highest BCUT2D eigenvalue weighted by Crippen LogP contribution is 2.37. The number of benzene rings is 3. The van der Waals surface area contributed by atoms with Crippen LogP contribution in [-0.2, 0) is 15.8 Å². The Hall–Kier alpha value is -4.18. The molecule has 3 aromatic carbocycles. The van der Waals surface area contributed by atoms with E-state index in [4.69, 9.17) is 14.2 Å². The van der Waals surface area contributed by atoms with Crippen molar-refractivity contribution in [1.29, 1.82) is 0 Å². The first kappa shape index (κ1) is 24.9. The van der Waals surface area contributed by atoms with Gasteiger partial charge >= 0.3 is 0 Å². The summed E-state index contributed by atoms with van der Waals surface area (Å²) in [5, 5.41) is 3.42. The summed E-state index contributed by atoms with van der Waals surface area (Å²) >= 11 is 0. The maximum Gasteiger partial charge on any atom is 0.258 e. The first-order chi connectivity index (χ1) is 17.3. The van der Waals surface area contributed by atoms with E-state index in [0.29, 0.717) is 39.4 Å². The summed E-state index contributed by atoms with van der Waals surface area (Å²) in [5.74, 6) is 0.591. The van der Waals surface area contributed by atoms with E-state index in [1.165, 1.54) is 33.3 Å². The molecule has 4 rings (SSSR count). The SMILES string of the molecule is COc1cc2nccc(Oc3ccc(N/C(C)=N/S(=O)(=O)Cc4ccccc4)cc3F)c2cc1OC. The molecule has 1 N–H and O–H groups in total. The van der Waals surface area contributed by atoms with Gasteiger partial charge in [-0.1, -0.05) is 30.3 Å². The van der Waals surface area contributed by atoms with Crippen molar-refractivity contribution in [2.45, 2.75) is 12.7 Å². The molecule has 1 heterocycles. The van der Waals surface area contributed by atoms with E-state index in [2.05, 4.69) is 14.7 Å². The summed E-state index contributed by atoms with van der Waals surface area (Å²) < 4.78 is 59.9. The molecule has 1 aromatic heterocycles. The quantitative estimate of drug-likeness (QED) is 0.246. The summed E-state index contributed by atoms with van der Waals surface area (Å²) in [7, 11) is -0.717. The van der Waals surface area contributed by atoms with Crippen LogP contribution < -0.4 is 19.5 Å². The van der Waals surface area contributed by atoms with Gasteiger partial charge in [0.1, 0.15) is 11.6 Å². The lowest BCUT2D eigenvalue weighted by molar-refractivity contribution is 0.355. The highest BCUT2D eigenvalue weighted by Gasteiger charge is 2.14. The fourth-order valence-corrected chi connectivity index (χ4v) is 4.71. The fourth-order valence-electron chi connectivity index (χ4n) is 3.57. The van der Waals surface area contributed by atoms with E-state index < -0.39 is 15.8 Å².